The second-order valence-electron chi connectivity index (χ2n) is 4.14. The van der Waals surface area contributed by atoms with Gasteiger partial charge in [0.25, 0.3) is 0 Å². The highest BCUT2D eigenvalue weighted by Gasteiger charge is 2.26. The molecule has 4 heteroatoms. The van der Waals surface area contributed by atoms with Crippen LogP contribution in [0.4, 0.5) is 0 Å². The van der Waals surface area contributed by atoms with Gasteiger partial charge in [0.15, 0.2) is 0 Å². The fraction of sp³-hybridized carbons (Fsp3) is 0.583. The average molecular weight is 285 g/mol. The molecule has 2 rings (SSSR count). The third kappa shape index (κ3) is 3.03. The van der Waals surface area contributed by atoms with Gasteiger partial charge in [0.05, 0.1) is 11.8 Å². The number of nitrogens with zero attached hydrogens (tertiary/aromatic N) is 1. The quantitative estimate of drug-likeness (QED) is 0.863. The summed E-state index contributed by atoms with van der Waals surface area (Å²) in [6.07, 6.45) is 3.99. The standard InChI is InChI=1S/C12H17BrN2O/c1-16-11-6-3-5-10(11)14-8-9-4-2-7-12(13)15-9/h2,4,7,10-11,14H,3,5-6,8H2,1H3. The number of halogens is 1. The van der Waals surface area contributed by atoms with Crippen LogP contribution in [0.25, 0.3) is 0 Å². The van der Waals surface area contributed by atoms with Gasteiger partial charge in [-0.15, -0.1) is 0 Å². The number of methoxy groups -OCH3 is 1. The van der Waals surface area contributed by atoms with Crippen LogP contribution in [0.2, 0.25) is 0 Å². The van der Waals surface area contributed by atoms with E-state index < -0.39 is 0 Å². The van der Waals surface area contributed by atoms with Gasteiger partial charge >= 0.3 is 0 Å². The van der Waals surface area contributed by atoms with Crippen molar-refractivity contribution >= 4 is 15.9 Å². The monoisotopic (exact) mass is 284 g/mol. The van der Waals surface area contributed by atoms with Crippen molar-refractivity contribution in [2.45, 2.75) is 38.0 Å². The van der Waals surface area contributed by atoms with E-state index in [0.717, 1.165) is 16.8 Å². The summed E-state index contributed by atoms with van der Waals surface area (Å²) < 4.78 is 6.33. The van der Waals surface area contributed by atoms with Crippen molar-refractivity contribution in [1.29, 1.82) is 0 Å². The summed E-state index contributed by atoms with van der Waals surface area (Å²) in [5.41, 5.74) is 1.07. The Balaban J connectivity index is 1.87. The van der Waals surface area contributed by atoms with Gasteiger partial charge in [-0.1, -0.05) is 6.07 Å². The lowest BCUT2D eigenvalue weighted by molar-refractivity contribution is 0.0846. The summed E-state index contributed by atoms with van der Waals surface area (Å²) in [6, 6.07) is 6.47. The fourth-order valence-corrected chi connectivity index (χ4v) is 2.61. The maximum Gasteiger partial charge on any atom is 0.106 e. The molecule has 0 saturated heterocycles. The highest BCUT2D eigenvalue weighted by Crippen LogP contribution is 2.21. The van der Waals surface area contributed by atoms with Crippen LogP contribution in [0.5, 0.6) is 0 Å². The fourth-order valence-electron chi connectivity index (χ4n) is 2.23. The Morgan fingerprint density at radius 3 is 3.12 bits per heavy atom. The molecular formula is C12H17BrN2O. The van der Waals surface area contributed by atoms with E-state index in [1.807, 2.05) is 18.2 Å². The van der Waals surface area contributed by atoms with E-state index in [4.69, 9.17) is 4.74 Å². The first-order valence-corrected chi connectivity index (χ1v) is 6.46. The van der Waals surface area contributed by atoms with Crippen molar-refractivity contribution in [3.05, 3.63) is 28.5 Å². The number of nitrogens with one attached hydrogen (secondary N) is 1. The number of aromatic nitrogens is 1. The summed E-state index contributed by atoms with van der Waals surface area (Å²) in [5.74, 6) is 0. The number of hydrogen-bond donors (Lipinski definition) is 1. The third-order valence-corrected chi connectivity index (χ3v) is 3.52. The molecule has 2 atom stereocenters. The highest BCUT2D eigenvalue weighted by atomic mass is 79.9. The van der Waals surface area contributed by atoms with E-state index in [2.05, 4.69) is 26.2 Å². The zero-order valence-electron chi connectivity index (χ0n) is 9.45. The van der Waals surface area contributed by atoms with Crippen molar-refractivity contribution in [3.63, 3.8) is 0 Å². The Bertz CT molecular complexity index is 346. The van der Waals surface area contributed by atoms with Crippen molar-refractivity contribution in [2.24, 2.45) is 0 Å². The van der Waals surface area contributed by atoms with Crippen molar-refractivity contribution < 1.29 is 4.74 Å². The molecule has 0 aliphatic heterocycles. The minimum atomic E-state index is 0.368. The molecule has 1 aromatic rings. The number of ether oxygens (including phenoxy) is 1. The Kier molecular flexibility index (Phi) is 4.32. The highest BCUT2D eigenvalue weighted by molar-refractivity contribution is 9.10. The molecule has 0 radical (unpaired) electrons. The van der Waals surface area contributed by atoms with Gasteiger partial charge in [-0.3, -0.25) is 0 Å². The number of rotatable bonds is 4. The Labute approximate surface area is 105 Å². The molecule has 1 fully saturated rings. The van der Waals surface area contributed by atoms with Crippen LogP contribution in [0, 0.1) is 0 Å². The molecule has 0 amide bonds. The first-order chi connectivity index (χ1) is 7.79. The van der Waals surface area contributed by atoms with Gasteiger partial charge in [-0.25, -0.2) is 4.98 Å². The molecule has 1 N–H and O–H groups in total. The molecule has 1 aromatic heterocycles. The molecule has 3 nitrogen and oxygen atoms in total. The molecule has 88 valence electrons. The second-order valence-corrected chi connectivity index (χ2v) is 4.96. The first kappa shape index (κ1) is 12.0. The minimum Gasteiger partial charge on any atom is -0.380 e. The lowest BCUT2D eigenvalue weighted by Gasteiger charge is -2.19. The molecule has 1 heterocycles. The molecular weight excluding hydrogens is 268 g/mol. The molecule has 1 aliphatic carbocycles. The summed E-state index contributed by atoms with van der Waals surface area (Å²) >= 11 is 3.38. The van der Waals surface area contributed by atoms with E-state index in [0.29, 0.717) is 12.1 Å². The zero-order valence-corrected chi connectivity index (χ0v) is 11.0. The van der Waals surface area contributed by atoms with Crippen LogP contribution in [-0.4, -0.2) is 24.2 Å². The van der Waals surface area contributed by atoms with Gasteiger partial charge < -0.3 is 10.1 Å². The van der Waals surface area contributed by atoms with Crippen molar-refractivity contribution in [3.8, 4) is 0 Å². The van der Waals surface area contributed by atoms with Gasteiger partial charge in [0.1, 0.15) is 4.60 Å². The molecule has 0 bridgehead atoms. The Hall–Kier alpha value is -0.450. The lowest BCUT2D eigenvalue weighted by Crippen LogP contribution is -2.36. The second kappa shape index (κ2) is 5.75. The van der Waals surface area contributed by atoms with E-state index in [9.17, 15) is 0 Å². The predicted molar refractivity (Wildman–Crippen MR) is 67.2 cm³/mol. The van der Waals surface area contributed by atoms with E-state index in [1.165, 1.54) is 19.3 Å². The Morgan fingerprint density at radius 2 is 2.38 bits per heavy atom. The van der Waals surface area contributed by atoms with Crippen LogP contribution < -0.4 is 5.32 Å². The summed E-state index contributed by atoms with van der Waals surface area (Å²) in [5, 5.41) is 3.52. The zero-order chi connectivity index (χ0) is 11.4. The summed E-state index contributed by atoms with van der Waals surface area (Å²) in [7, 11) is 1.79. The van der Waals surface area contributed by atoms with Crippen LogP contribution in [0.3, 0.4) is 0 Å². The summed E-state index contributed by atoms with van der Waals surface area (Å²) in [4.78, 5) is 4.40. The average Bonchev–Trinajstić information content (AvgIpc) is 2.74. The van der Waals surface area contributed by atoms with Crippen LogP contribution >= 0.6 is 15.9 Å². The molecule has 1 saturated carbocycles. The van der Waals surface area contributed by atoms with Gasteiger partial charge in [-0.05, 0) is 47.3 Å². The van der Waals surface area contributed by atoms with E-state index >= 15 is 0 Å². The molecule has 0 aromatic carbocycles. The first-order valence-electron chi connectivity index (χ1n) is 5.67. The normalized spacial score (nSPS) is 24.9. The largest absolute Gasteiger partial charge is 0.380 e. The number of pyridine rings is 1. The minimum absolute atomic E-state index is 0.368. The number of hydrogen-bond acceptors (Lipinski definition) is 3. The lowest BCUT2D eigenvalue weighted by atomic mass is 10.2. The Morgan fingerprint density at radius 1 is 1.50 bits per heavy atom. The van der Waals surface area contributed by atoms with Crippen molar-refractivity contribution in [2.75, 3.05) is 7.11 Å². The third-order valence-electron chi connectivity index (χ3n) is 3.07. The maximum atomic E-state index is 5.44. The molecule has 1 aliphatic rings. The topological polar surface area (TPSA) is 34.1 Å². The van der Waals surface area contributed by atoms with Gasteiger partial charge in [-0.2, -0.15) is 0 Å². The van der Waals surface area contributed by atoms with E-state index in [1.54, 1.807) is 7.11 Å². The van der Waals surface area contributed by atoms with Crippen LogP contribution in [0.15, 0.2) is 22.8 Å². The smallest absolute Gasteiger partial charge is 0.106 e. The predicted octanol–water partition coefficient (Wildman–Crippen LogP) is 2.50. The van der Waals surface area contributed by atoms with Gasteiger partial charge in [0.2, 0.25) is 0 Å². The maximum absolute atomic E-state index is 5.44. The molecule has 16 heavy (non-hydrogen) atoms. The van der Waals surface area contributed by atoms with Crippen LogP contribution in [-0.2, 0) is 11.3 Å². The van der Waals surface area contributed by atoms with E-state index in [-0.39, 0.29) is 0 Å². The van der Waals surface area contributed by atoms with Crippen LogP contribution in [0.1, 0.15) is 25.0 Å². The van der Waals surface area contributed by atoms with Gasteiger partial charge in [0, 0.05) is 19.7 Å². The molecule has 0 spiro atoms. The SMILES string of the molecule is COC1CCCC1NCc1cccc(Br)n1. The summed E-state index contributed by atoms with van der Waals surface area (Å²) in [6.45, 7) is 0.809. The van der Waals surface area contributed by atoms with Crippen molar-refractivity contribution in [1.82, 2.24) is 10.3 Å². The molecule has 2 unspecified atom stereocenters.